The minimum Gasteiger partial charge on any atom is -0.103 e. The first-order valence-electron chi connectivity index (χ1n) is 5.94. The van der Waals surface area contributed by atoms with E-state index in [-0.39, 0.29) is 0 Å². The van der Waals surface area contributed by atoms with E-state index in [0.29, 0.717) is 0 Å². The van der Waals surface area contributed by atoms with Crippen molar-refractivity contribution < 1.29 is 0 Å². The number of unbranched alkanes of at least 4 members (excludes halogenated alkanes) is 3. The summed E-state index contributed by atoms with van der Waals surface area (Å²) in [6.45, 7) is 4.36. The molecule has 0 atom stereocenters. The van der Waals surface area contributed by atoms with Crippen LogP contribution in [0.5, 0.6) is 0 Å². The Bertz CT molecular complexity index is 382. The number of hydrogen-bond donors (Lipinski definition) is 0. The molecule has 1 aromatic carbocycles. The van der Waals surface area contributed by atoms with E-state index >= 15 is 0 Å². The fourth-order valence-corrected chi connectivity index (χ4v) is 2.07. The van der Waals surface area contributed by atoms with Crippen LogP contribution < -0.4 is 0 Å². The second-order valence-corrected chi connectivity index (χ2v) is 5.24. The lowest BCUT2D eigenvalue weighted by molar-refractivity contribution is 0.737. The van der Waals surface area contributed by atoms with Crippen molar-refractivity contribution in [2.75, 3.05) is 0 Å². The van der Waals surface area contributed by atoms with E-state index < -0.39 is 0 Å². The Balaban J connectivity index is 2.44. The molecule has 0 radical (unpaired) electrons. The Labute approximate surface area is 113 Å². The molecule has 16 heavy (non-hydrogen) atoms. The lowest BCUT2D eigenvalue weighted by Crippen LogP contribution is -1.88. The maximum Gasteiger partial charge on any atom is 0.0350 e. The molecule has 0 unspecified atom stereocenters. The molecule has 0 aliphatic heterocycles. The molecule has 0 fully saturated rings. The van der Waals surface area contributed by atoms with Crippen LogP contribution in [0.15, 0.2) is 18.2 Å². The van der Waals surface area contributed by atoms with E-state index in [1.165, 1.54) is 34.0 Å². The standard InChI is InChI=1S/C15H19I/c1-3-4-5-6-7-8-9-14-12-13(2)10-11-15(14)16/h10-12H,3-6,9H2,1-2H3. The van der Waals surface area contributed by atoms with Crippen LogP contribution >= 0.6 is 22.6 Å². The normalized spacial score (nSPS) is 9.69. The largest absolute Gasteiger partial charge is 0.103 e. The second-order valence-electron chi connectivity index (χ2n) is 4.08. The number of halogens is 1. The van der Waals surface area contributed by atoms with Gasteiger partial charge in [-0.3, -0.25) is 0 Å². The Hall–Kier alpha value is -0.490. The molecule has 0 nitrogen and oxygen atoms in total. The van der Waals surface area contributed by atoms with E-state index in [2.05, 4.69) is 66.5 Å². The molecule has 0 spiro atoms. The van der Waals surface area contributed by atoms with Gasteiger partial charge in [0.25, 0.3) is 0 Å². The summed E-state index contributed by atoms with van der Waals surface area (Å²) in [6, 6.07) is 6.56. The molecule has 0 aromatic heterocycles. The van der Waals surface area contributed by atoms with Crippen LogP contribution in [-0.4, -0.2) is 0 Å². The first kappa shape index (κ1) is 13.6. The maximum absolute atomic E-state index is 3.27. The van der Waals surface area contributed by atoms with Crippen molar-refractivity contribution in [2.45, 2.75) is 46.0 Å². The molecule has 1 aromatic rings. The first-order valence-corrected chi connectivity index (χ1v) is 7.02. The minimum absolute atomic E-state index is 0.895. The summed E-state index contributed by atoms with van der Waals surface area (Å²) in [5.74, 6) is 6.54. The molecular formula is C15H19I. The van der Waals surface area contributed by atoms with Crippen molar-refractivity contribution in [1.29, 1.82) is 0 Å². The van der Waals surface area contributed by atoms with Gasteiger partial charge in [-0.15, -0.1) is 5.92 Å². The molecule has 0 aliphatic carbocycles. The summed E-state index contributed by atoms with van der Waals surface area (Å²) >= 11 is 2.38. The molecule has 1 rings (SSSR count). The van der Waals surface area contributed by atoms with Gasteiger partial charge in [0.2, 0.25) is 0 Å². The molecule has 0 aliphatic rings. The van der Waals surface area contributed by atoms with Crippen LogP contribution in [0.3, 0.4) is 0 Å². The average molecular weight is 326 g/mol. The van der Waals surface area contributed by atoms with Gasteiger partial charge in [0.15, 0.2) is 0 Å². The average Bonchev–Trinajstić information content (AvgIpc) is 2.28. The van der Waals surface area contributed by atoms with Crippen LogP contribution in [0.25, 0.3) is 0 Å². The van der Waals surface area contributed by atoms with Crippen molar-refractivity contribution in [2.24, 2.45) is 0 Å². The van der Waals surface area contributed by atoms with E-state index in [1.807, 2.05) is 0 Å². The third-order valence-electron chi connectivity index (χ3n) is 2.51. The molecule has 0 amide bonds. The highest BCUT2D eigenvalue weighted by Crippen LogP contribution is 2.14. The van der Waals surface area contributed by atoms with Gasteiger partial charge < -0.3 is 0 Å². The monoisotopic (exact) mass is 326 g/mol. The highest BCUT2D eigenvalue weighted by molar-refractivity contribution is 14.1. The Morgan fingerprint density at radius 3 is 2.75 bits per heavy atom. The van der Waals surface area contributed by atoms with Crippen LogP contribution in [0.2, 0.25) is 0 Å². The zero-order valence-electron chi connectivity index (χ0n) is 10.1. The zero-order chi connectivity index (χ0) is 11.8. The molecule has 0 bridgehead atoms. The van der Waals surface area contributed by atoms with E-state index in [1.54, 1.807) is 0 Å². The summed E-state index contributed by atoms with van der Waals surface area (Å²) in [7, 11) is 0. The third kappa shape index (κ3) is 5.03. The lowest BCUT2D eigenvalue weighted by Gasteiger charge is -2.01. The smallest absolute Gasteiger partial charge is 0.0350 e. The lowest BCUT2D eigenvalue weighted by atomic mass is 10.1. The molecule has 0 heterocycles. The summed E-state index contributed by atoms with van der Waals surface area (Å²) in [6.07, 6.45) is 5.77. The quantitative estimate of drug-likeness (QED) is 0.426. The van der Waals surface area contributed by atoms with Crippen LogP contribution in [0, 0.1) is 22.3 Å². The predicted octanol–water partition coefficient (Wildman–Crippen LogP) is 4.73. The number of hydrogen-bond acceptors (Lipinski definition) is 0. The van der Waals surface area contributed by atoms with Gasteiger partial charge in [0, 0.05) is 16.4 Å². The molecular weight excluding hydrogens is 307 g/mol. The van der Waals surface area contributed by atoms with E-state index in [4.69, 9.17) is 0 Å². The summed E-state index contributed by atoms with van der Waals surface area (Å²) in [5, 5.41) is 0. The maximum atomic E-state index is 3.27. The first-order chi connectivity index (χ1) is 7.74. The zero-order valence-corrected chi connectivity index (χ0v) is 12.3. The number of rotatable bonds is 4. The summed E-state index contributed by atoms with van der Waals surface area (Å²) in [5.41, 5.74) is 2.69. The summed E-state index contributed by atoms with van der Waals surface area (Å²) < 4.78 is 1.33. The van der Waals surface area contributed by atoms with Crippen molar-refractivity contribution >= 4 is 22.6 Å². The summed E-state index contributed by atoms with van der Waals surface area (Å²) in [4.78, 5) is 0. The van der Waals surface area contributed by atoms with E-state index in [9.17, 15) is 0 Å². The number of aryl methyl sites for hydroxylation is 1. The van der Waals surface area contributed by atoms with Crippen LogP contribution in [-0.2, 0) is 6.42 Å². The van der Waals surface area contributed by atoms with Gasteiger partial charge in [0.1, 0.15) is 0 Å². The second kappa shape index (κ2) is 7.73. The molecule has 0 N–H and O–H groups in total. The third-order valence-corrected chi connectivity index (χ3v) is 3.56. The molecule has 86 valence electrons. The fraction of sp³-hybridized carbons (Fsp3) is 0.467. The fourth-order valence-electron chi connectivity index (χ4n) is 1.55. The van der Waals surface area contributed by atoms with Gasteiger partial charge >= 0.3 is 0 Å². The van der Waals surface area contributed by atoms with Crippen molar-refractivity contribution in [3.8, 4) is 11.8 Å². The topological polar surface area (TPSA) is 0 Å². The Morgan fingerprint density at radius 1 is 1.19 bits per heavy atom. The van der Waals surface area contributed by atoms with Gasteiger partial charge in [-0.25, -0.2) is 0 Å². The van der Waals surface area contributed by atoms with Crippen molar-refractivity contribution in [3.63, 3.8) is 0 Å². The van der Waals surface area contributed by atoms with Crippen LogP contribution in [0.1, 0.15) is 43.7 Å². The minimum atomic E-state index is 0.895. The van der Waals surface area contributed by atoms with Crippen molar-refractivity contribution in [1.82, 2.24) is 0 Å². The van der Waals surface area contributed by atoms with Gasteiger partial charge in [-0.1, -0.05) is 43.4 Å². The highest BCUT2D eigenvalue weighted by Gasteiger charge is 1.97. The SMILES string of the molecule is CCCCCC#CCc1cc(C)ccc1I. The Kier molecular flexibility index (Phi) is 6.56. The van der Waals surface area contributed by atoms with Gasteiger partial charge in [-0.05, 0) is 47.6 Å². The number of benzene rings is 1. The van der Waals surface area contributed by atoms with E-state index in [0.717, 1.165) is 12.8 Å². The predicted molar refractivity (Wildman–Crippen MR) is 79.5 cm³/mol. The van der Waals surface area contributed by atoms with Crippen LogP contribution in [0.4, 0.5) is 0 Å². The highest BCUT2D eigenvalue weighted by atomic mass is 127. The molecule has 0 saturated carbocycles. The molecule has 1 heteroatoms. The molecule has 0 saturated heterocycles. The van der Waals surface area contributed by atoms with Crippen molar-refractivity contribution in [3.05, 3.63) is 32.9 Å². The van der Waals surface area contributed by atoms with Gasteiger partial charge in [0.05, 0.1) is 0 Å². The Morgan fingerprint density at radius 2 is 2.00 bits per heavy atom. The van der Waals surface area contributed by atoms with Gasteiger partial charge in [-0.2, -0.15) is 0 Å².